The van der Waals surface area contributed by atoms with Crippen LogP contribution in [0.2, 0.25) is 0 Å². The smallest absolute Gasteiger partial charge is 0.228 e. The van der Waals surface area contributed by atoms with E-state index in [1.165, 1.54) is 0 Å². The Morgan fingerprint density at radius 3 is 1.41 bits per heavy atom. The summed E-state index contributed by atoms with van der Waals surface area (Å²) in [6.07, 6.45) is -26.4. The van der Waals surface area contributed by atoms with E-state index in [1.54, 1.807) is 0 Å². The van der Waals surface area contributed by atoms with Crippen molar-refractivity contribution in [3.8, 4) is 0 Å². The summed E-state index contributed by atoms with van der Waals surface area (Å²) in [5.74, 6) is 0. The maximum absolute atomic E-state index is 13.6. The SMILES string of the molecule is OC[C@H]1O[C@@H](O[C@H]2[C@H](O)[C@@H](O)[C@H](O[C@H]3[C@H](O)[C@@H](O)[C@H](F)O[C@@H]3CO)O[C@@H]2CO)[C@H](O)[C@@H](O)[C@@H]1O. The highest BCUT2D eigenvalue weighted by atomic mass is 19.1. The van der Waals surface area contributed by atoms with Gasteiger partial charge in [0.1, 0.15) is 73.2 Å². The number of alkyl halides is 1. The van der Waals surface area contributed by atoms with Crippen LogP contribution in [0.15, 0.2) is 0 Å². The number of rotatable bonds is 7. The largest absolute Gasteiger partial charge is 0.394 e. The fourth-order valence-corrected chi connectivity index (χ4v) is 4.03. The van der Waals surface area contributed by atoms with Crippen molar-refractivity contribution in [1.29, 1.82) is 0 Å². The lowest BCUT2D eigenvalue weighted by Crippen LogP contribution is -2.66. The fraction of sp³-hybridized carbons (Fsp3) is 1.00. The molecule has 16 heteroatoms. The summed E-state index contributed by atoms with van der Waals surface area (Å²) in [7, 11) is 0. The molecule has 3 aliphatic rings. The number of aliphatic hydroxyl groups is 10. The van der Waals surface area contributed by atoms with E-state index in [4.69, 9.17) is 23.7 Å². The lowest BCUT2D eigenvalue weighted by Gasteiger charge is -2.47. The maximum Gasteiger partial charge on any atom is 0.228 e. The first-order valence-corrected chi connectivity index (χ1v) is 10.6. The number of halogens is 1. The highest BCUT2D eigenvalue weighted by Crippen LogP contribution is 2.32. The molecular formula is C18H31FO15. The molecule has 3 heterocycles. The van der Waals surface area contributed by atoms with E-state index in [1.807, 2.05) is 0 Å². The van der Waals surface area contributed by atoms with E-state index in [2.05, 4.69) is 0 Å². The molecule has 3 fully saturated rings. The summed E-state index contributed by atoms with van der Waals surface area (Å²) >= 11 is 0. The predicted molar refractivity (Wildman–Crippen MR) is 100 cm³/mol. The van der Waals surface area contributed by atoms with Crippen molar-refractivity contribution < 1.29 is 79.1 Å². The third-order valence-electron chi connectivity index (χ3n) is 6.06. The van der Waals surface area contributed by atoms with Crippen LogP contribution in [0.3, 0.4) is 0 Å². The summed E-state index contributed by atoms with van der Waals surface area (Å²) < 4.78 is 39.7. The zero-order chi connectivity index (χ0) is 25.3. The second kappa shape index (κ2) is 11.6. The van der Waals surface area contributed by atoms with Gasteiger partial charge in [0.25, 0.3) is 0 Å². The van der Waals surface area contributed by atoms with Gasteiger partial charge in [-0.15, -0.1) is 0 Å². The van der Waals surface area contributed by atoms with Gasteiger partial charge in [0.05, 0.1) is 19.8 Å². The average Bonchev–Trinajstić information content (AvgIpc) is 2.83. The van der Waals surface area contributed by atoms with Crippen LogP contribution in [0.1, 0.15) is 0 Å². The monoisotopic (exact) mass is 506 g/mol. The molecule has 34 heavy (non-hydrogen) atoms. The Kier molecular flexibility index (Phi) is 9.51. The van der Waals surface area contributed by atoms with Crippen LogP contribution in [-0.2, 0) is 23.7 Å². The van der Waals surface area contributed by atoms with E-state index in [9.17, 15) is 55.5 Å². The Labute approximate surface area is 192 Å². The molecule has 15 nitrogen and oxygen atoms in total. The van der Waals surface area contributed by atoms with E-state index in [0.29, 0.717) is 0 Å². The Hall–Kier alpha value is -0.670. The summed E-state index contributed by atoms with van der Waals surface area (Å²) in [5, 5.41) is 99.1. The molecule has 0 saturated carbocycles. The van der Waals surface area contributed by atoms with Gasteiger partial charge in [-0.05, 0) is 0 Å². The molecule has 0 aromatic heterocycles. The van der Waals surface area contributed by atoms with E-state index < -0.39 is 112 Å². The molecule has 0 bridgehead atoms. The Morgan fingerprint density at radius 2 is 0.912 bits per heavy atom. The van der Waals surface area contributed by atoms with E-state index >= 15 is 0 Å². The van der Waals surface area contributed by atoms with Crippen LogP contribution < -0.4 is 0 Å². The fourth-order valence-electron chi connectivity index (χ4n) is 4.03. The van der Waals surface area contributed by atoms with Gasteiger partial charge in [0, 0.05) is 0 Å². The first-order chi connectivity index (χ1) is 16.0. The maximum atomic E-state index is 13.6. The van der Waals surface area contributed by atoms with Crippen LogP contribution >= 0.6 is 0 Å². The summed E-state index contributed by atoms with van der Waals surface area (Å²) in [4.78, 5) is 0. The third-order valence-corrected chi connectivity index (χ3v) is 6.06. The normalized spacial score (nSPS) is 52.5. The van der Waals surface area contributed by atoms with Crippen molar-refractivity contribution in [2.75, 3.05) is 19.8 Å². The molecule has 3 aliphatic heterocycles. The Morgan fingerprint density at radius 1 is 0.500 bits per heavy atom. The van der Waals surface area contributed by atoms with Crippen LogP contribution in [0, 0.1) is 0 Å². The number of hydrogen-bond acceptors (Lipinski definition) is 15. The van der Waals surface area contributed by atoms with Crippen molar-refractivity contribution in [1.82, 2.24) is 0 Å². The standard InChI is InChI=1S/C18H31FO15/c19-16-11(27)9(25)14(5(2-21)30-16)33-18-13(29)10(26)15(6(3-22)32-18)34-17-12(28)8(24)7(23)4(1-20)31-17/h4-18,20-29H,1-3H2/t4-,5-,6-,7-,8+,9-,10-,11-,12-,13-,14-,15-,16-,17+,18+/m1/s1. The quantitative estimate of drug-likeness (QED) is 0.154. The first-order valence-electron chi connectivity index (χ1n) is 10.6. The van der Waals surface area contributed by atoms with Gasteiger partial charge in [-0.25, -0.2) is 4.39 Å². The molecule has 0 unspecified atom stereocenters. The van der Waals surface area contributed by atoms with Crippen molar-refractivity contribution in [3.05, 3.63) is 0 Å². The van der Waals surface area contributed by atoms with Gasteiger partial charge >= 0.3 is 0 Å². The molecule has 0 spiro atoms. The van der Waals surface area contributed by atoms with Crippen molar-refractivity contribution in [2.24, 2.45) is 0 Å². The number of ether oxygens (including phenoxy) is 5. The molecular weight excluding hydrogens is 475 g/mol. The molecule has 3 saturated heterocycles. The average molecular weight is 506 g/mol. The van der Waals surface area contributed by atoms with Gasteiger partial charge < -0.3 is 74.7 Å². The zero-order valence-electron chi connectivity index (χ0n) is 17.7. The molecule has 0 aromatic carbocycles. The van der Waals surface area contributed by atoms with Crippen molar-refractivity contribution in [2.45, 2.75) is 92.2 Å². The van der Waals surface area contributed by atoms with Crippen LogP contribution in [0.25, 0.3) is 0 Å². The topological polar surface area (TPSA) is 248 Å². The first kappa shape index (κ1) is 27.9. The number of aliphatic hydroxyl groups excluding tert-OH is 10. The van der Waals surface area contributed by atoms with Gasteiger partial charge in [-0.1, -0.05) is 0 Å². The van der Waals surface area contributed by atoms with E-state index in [0.717, 1.165) is 0 Å². The summed E-state index contributed by atoms with van der Waals surface area (Å²) in [6.45, 7) is -2.43. The lowest BCUT2D eigenvalue weighted by atomic mass is 9.96. The molecule has 3 rings (SSSR count). The molecule has 0 aromatic rings. The Balaban J connectivity index is 1.72. The second-order valence-corrected chi connectivity index (χ2v) is 8.29. The minimum absolute atomic E-state index is 0.750. The molecule has 15 atom stereocenters. The van der Waals surface area contributed by atoms with Crippen molar-refractivity contribution in [3.63, 3.8) is 0 Å². The lowest BCUT2D eigenvalue weighted by molar-refractivity contribution is -0.375. The highest BCUT2D eigenvalue weighted by Gasteiger charge is 2.53. The van der Waals surface area contributed by atoms with Gasteiger partial charge in [-0.3, -0.25) is 0 Å². The molecule has 0 amide bonds. The van der Waals surface area contributed by atoms with Crippen molar-refractivity contribution >= 4 is 0 Å². The van der Waals surface area contributed by atoms with Crippen LogP contribution in [0.4, 0.5) is 4.39 Å². The molecule has 10 N–H and O–H groups in total. The predicted octanol–water partition coefficient (Wildman–Crippen LogP) is -6.60. The molecule has 0 aliphatic carbocycles. The van der Waals surface area contributed by atoms with Crippen LogP contribution in [0.5, 0.6) is 0 Å². The third kappa shape index (κ3) is 5.36. The zero-order valence-corrected chi connectivity index (χ0v) is 17.7. The minimum atomic E-state index is -2.32. The van der Waals surface area contributed by atoms with Crippen LogP contribution in [-0.4, -0.2) is 163 Å². The summed E-state index contributed by atoms with van der Waals surface area (Å²) in [6, 6.07) is 0. The minimum Gasteiger partial charge on any atom is -0.394 e. The number of hydrogen-bond donors (Lipinski definition) is 10. The summed E-state index contributed by atoms with van der Waals surface area (Å²) in [5.41, 5.74) is 0. The van der Waals surface area contributed by atoms with E-state index in [-0.39, 0.29) is 0 Å². The Bertz CT molecular complexity index is 640. The molecule has 200 valence electrons. The van der Waals surface area contributed by atoms with Gasteiger partial charge in [0.15, 0.2) is 12.6 Å². The van der Waals surface area contributed by atoms with Gasteiger partial charge in [-0.2, -0.15) is 0 Å². The second-order valence-electron chi connectivity index (χ2n) is 8.29. The van der Waals surface area contributed by atoms with Gasteiger partial charge in [0.2, 0.25) is 6.36 Å². The highest BCUT2D eigenvalue weighted by molar-refractivity contribution is 4.96. The molecule has 0 radical (unpaired) electrons.